The van der Waals surface area contributed by atoms with E-state index in [0.717, 1.165) is 30.5 Å². The fraction of sp³-hybridized carbons (Fsp3) is 0.800. The fourth-order valence-corrected chi connectivity index (χ4v) is 4.02. The summed E-state index contributed by atoms with van der Waals surface area (Å²) in [6.07, 6.45) is 10.7. The number of carbonyl (C=O) groups excluding carboxylic acids is 1. The molecule has 0 heterocycles. The van der Waals surface area contributed by atoms with E-state index in [9.17, 15) is 4.79 Å². The first-order chi connectivity index (χ1) is 7.60. The number of hydrogen-bond donors (Lipinski definition) is 0. The number of allylic oxidation sites excluding steroid dienone is 2. The SMILES string of the molecule is CC(C)[C@H]1CC[C@H](C)[C@]12C=CC(C=O)CC2. The van der Waals surface area contributed by atoms with Crippen LogP contribution in [-0.2, 0) is 4.79 Å². The second-order valence-corrected chi connectivity index (χ2v) is 6.14. The molecule has 90 valence electrons. The van der Waals surface area contributed by atoms with Crippen LogP contribution < -0.4 is 0 Å². The van der Waals surface area contributed by atoms with Crippen LogP contribution in [0.25, 0.3) is 0 Å². The fourth-order valence-electron chi connectivity index (χ4n) is 4.02. The largest absolute Gasteiger partial charge is 0.303 e. The van der Waals surface area contributed by atoms with Gasteiger partial charge in [-0.05, 0) is 48.9 Å². The van der Waals surface area contributed by atoms with Gasteiger partial charge < -0.3 is 4.79 Å². The minimum atomic E-state index is 0.186. The molecule has 0 aromatic carbocycles. The zero-order valence-electron chi connectivity index (χ0n) is 10.8. The maximum absolute atomic E-state index is 10.8. The van der Waals surface area contributed by atoms with Crippen molar-refractivity contribution in [1.82, 2.24) is 0 Å². The van der Waals surface area contributed by atoms with Gasteiger partial charge in [-0.25, -0.2) is 0 Å². The van der Waals surface area contributed by atoms with E-state index in [-0.39, 0.29) is 5.92 Å². The highest BCUT2D eigenvalue weighted by molar-refractivity contribution is 5.57. The van der Waals surface area contributed by atoms with Gasteiger partial charge in [-0.1, -0.05) is 32.9 Å². The molecule has 1 heteroatoms. The van der Waals surface area contributed by atoms with Crippen molar-refractivity contribution in [1.29, 1.82) is 0 Å². The second kappa shape index (κ2) is 4.35. The summed E-state index contributed by atoms with van der Waals surface area (Å²) in [5.41, 5.74) is 0.410. The Bertz CT molecular complexity index is 292. The van der Waals surface area contributed by atoms with Gasteiger partial charge in [0.15, 0.2) is 0 Å². The standard InChI is InChI=1S/C15H24O/c1-11(2)14-5-4-12(3)15(14)8-6-13(10-16)7-9-15/h6,8,10-14H,4-5,7,9H2,1-3H3/t12-,13?,14+,15+/m0/s1. The molecule has 1 saturated carbocycles. The number of hydrogen-bond acceptors (Lipinski definition) is 1. The van der Waals surface area contributed by atoms with Crippen molar-refractivity contribution in [2.75, 3.05) is 0 Å². The molecule has 2 aliphatic rings. The van der Waals surface area contributed by atoms with Gasteiger partial charge in [-0.2, -0.15) is 0 Å². The van der Waals surface area contributed by atoms with Gasteiger partial charge in [0, 0.05) is 5.92 Å². The number of rotatable bonds is 2. The Morgan fingerprint density at radius 3 is 2.56 bits per heavy atom. The number of aldehydes is 1. The van der Waals surface area contributed by atoms with Crippen molar-refractivity contribution in [3.8, 4) is 0 Å². The Morgan fingerprint density at radius 2 is 2.06 bits per heavy atom. The molecule has 1 fully saturated rings. The molecule has 0 saturated heterocycles. The van der Waals surface area contributed by atoms with Crippen LogP contribution in [0.4, 0.5) is 0 Å². The molecule has 0 amide bonds. The van der Waals surface area contributed by atoms with Gasteiger partial charge in [0.2, 0.25) is 0 Å². The molecule has 0 N–H and O–H groups in total. The molecule has 1 nitrogen and oxygen atoms in total. The van der Waals surface area contributed by atoms with E-state index in [4.69, 9.17) is 0 Å². The molecule has 2 aliphatic carbocycles. The summed E-state index contributed by atoms with van der Waals surface area (Å²) >= 11 is 0. The summed E-state index contributed by atoms with van der Waals surface area (Å²) in [5.74, 6) is 2.57. The minimum absolute atomic E-state index is 0.186. The average molecular weight is 220 g/mol. The van der Waals surface area contributed by atoms with Crippen molar-refractivity contribution in [2.24, 2.45) is 29.1 Å². The van der Waals surface area contributed by atoms with Crippen molar-refractivity contribution < 1.29 is 4.79 Å². The first-order valence-corrected chi connectivity index (χ1v) is 6.75. The van der Waals surface area contributed by atoms with E-state index in [2.05, 4.69) is 32.9 Å². The highest BCUT2D eigenvalue weighted by atomic mass is 16.1. The Labute approximate surface area is 99.3 Å². The third kappa shape index (κ3) is 1.74. The molecule has 0 radical (unpaired) electrons. The Morgan fingerprint density at radius 1 is 1.31 bits per heavy atom. The summed E-state index contributed by atoms with van der Waals surface area (Å²) in [7, 11) is 0. The maximum atomic E-state index is 10.8. The molecular formula is C15H24O. The molecular weight excluding hydrogens is 196 g/mol. The van der Waals surface area contributed by atoms with Gasteiger partial charge in [0.05, 0.1) is 0 Å². The topological polar surface area (TPSA) is 17.1 Å². The third-order valence-corrected chi connectivity index (χ3v) is 5.06. The highest BCUT2D eigenvalue weighted by Crippen LogP contribution is 2.56. The highest BCUT2D eigenvalue weighted by Gasteiger charge is 2.48. The summed E-state index contributed by atoms with van der Waals surface area (Å²) in [4.78, 5) is 10.8. The molecule has 4 atom stereocenters. The number of carbonyl (C=O) groups is 1. The average Bonchev–Trinajstić information content (AvgIpc) is 2.58. The normalized spacial score (nSPS) is 43.1. The van der Waals surface area contributed by atoms with E-state index in [0.29, 0.717) is 5.41 Å². The smallest absolute Gasteiger partial charge is 0.126 e. The van der Waals surface area contributed by atoms with E-state index in [1.807, 2.05) is 0 Å². The molecule has 1 spiro atoms. The summed E-state index contributed by atoms with van der Waals surface area (Å²) < 4.78 is 0. The van der Waals surface area contributed by atoms with Crippen LogP contribution in [0.2, 0.25) is 0 Å². The van der Waals surface area contributed by atoms with E-state index < -0.39 is 0 Å². The summed E-state index contributed by atoms with van der Waals surface area (Å²) in [6, 6.07) is 0. The maximum Gasteiger partial charge on any atom is 0.126 e. The van der Waals surface area contributed by atoms with Crippen molar-refractivity contribution in [3.63, 3.8) is 0 Å². The molecule has 16 heavy (non-hydrogen) atoms. The summed E-state index contributed by atoms with van der Waals surface area (Å²) in [5, 5.41) is 0. The van der Waals surface area contributed by atoms with Crippen LogP contribution in [0, 0.1) is 29.1 Å². The van der Waals surface area contributed by atoms with Crippen LogP contribution in [0.1, 0.15) is 46.5 Å². The lowest BCUT2D eigenvalue weighted by Crippen LogP contribution is -2.34. The summed E-state index contributed by atoms with van der Waals surface area (Å²) in [6.45, 7) is 7.10. The zero-order chi connectivity index (χ0) is 11.8. The van der Waals surface area contributed by atoms with E-state index in [1.165, 1.54) is 19.3 Å². The van der Waals surface area contributed by atoms with E-state index >= 15 is 0 Å². The first-order valence-electron chi connectivity index (χ1n) is 6.75. The second-order valence-electron chi connectivity index (χ2n) is 6.14. The molecule has 0 aromatic rings. The lowest BCUT2D eigenvalue weighted by Gasteiger charge is -2.41. The molecule has 2 rings (SSSR count). The van der Waals surface area contributed by atoms with Crippen LogP contribution in [-0.4, -0.2) is 6.29 Å². The molecule has 1 unspecified atom stereocenters. The van der Waals surface area contributed by atoms with Crippen molar-refractivity contribution in [2.45, 2.75) is 46.5 Å². The Hall–Kier alpha value is -0.590. The first kappa shape index (κ1) is 11.9. The Balaban J connectivity index is 2.25. The lowest BCUT2D eigenvalue weighted by atomic mass is 9.63. The van der Waals surface area contributed by atoms with E-state index in [1.54, 1.807) is 0 Å². The van der Waals surface area contributed by atoms with Gasteiger partial charge >= 0.3 is 0 Å². The minimum Gasteiger partial charge on any atom is -0.303 e. The van der Waals surface area contributed by atoms with Crippen molar-refractivity contribution in [3.05, 3.63) is 12.2 Å². The predicted octanol–water partition coefficient (Wildman–Crippen LogP) is 3.84. The van der Waals surface area contributed by atoms with Crippen LogP contribution >= 0.6 is 0 Å². The zero-order valence-corrected chi connectivity index (χ0v) is 10.8. The van der Waals surface area contributed by atoms with Crippen LogP contribution in [0.5, 0.6) is 0 Å². The Kier molecular flexibility index (Phi) is 3.23. The monoisotopic (exact) mass is 220 g/mol. The molecule has 0 aliphatic heterocycles. The molecule has 0 aromatic heterocycles. The van der Waals surface area contributed by atoms with Gasteiger partial charge in [-0.3, -0.25) is 0 Å². The predicted molar refractivity (Wildman–Crippen MR) is 67.1 cm³/mol. The lowest BCUT2D eigenvalue weighted by molar-refractivity contribution is -0.110. The quantitative estimate of drug-likeness (QED) is 0.510. The van der Waals surface area contributed by atoms with Gasteiger partial charge in [0.25, 0.3) is 0 Å². The van der Waals surface area contributed by atoms with Gasteiger partial charge in [0.1, 0.15) is 6.29 Å². The molecule has 0 bridgehead atoms. The van der Waals surface area contributed by atoms with Crippen molar-refractivity contribution >= 4 is 6.29 Å². The van der Waals surface area contributed by atoms with Gasteiger partial charge in [-0.15, -0.1) is 0 Å². The van der Waals surface area contributed by atoms with Crippen LogP contribution in [0.15, 0.2) is 12.2 Å². The third-order valence-electron chi connectivity index (χ3n) is 5.06. The van der Waals surface area contributed by atoms with Crippen LogP contribution in [0.3, 0.4) is 0 Å².